The summed E-state index contributed by atoms with van der Waals surface area (Å²) in [7, 11) is 0. The average molecular weight is 380 g/mol. The number of likely N-dealkylation sites (tertiary alicyclic amines) is 1. The van der Waals surface area contributed by atoms with Crippen molar-refractivity contribution in [3.63, 3.8) is 0 Å². The molecule has 1 saturated heterocycles. The lowest BCUT2D eigenvalue weighted by Gasteiger charge is -2.32. The van der Waals surface area contributed by atoms with Crippen LogP contribution in [0.25, 0.3) is 21.7 Å². The van der Waals surface area contributed by atoms with Crippen LogP contribution in [0.15, 0.2) is 51.7 Å². The Morgan fingerprint density at radius 1 is 1.07 bits per heavy atom. The summed E-state index contributed by atoms with van der Waals surface area (Å²) in [4.78, 5) is 36.9. The fourth-order valence-corrected chi connectivity index (χ4v) is 3.55. The molecule has 1 fully saturated rings. The van der Waals surface area contributed by atoms with Gasteiger partial charge in [0, 0.05) is 36.4 Å². The standard InChI is InChI=1S/C21H19NO6/c23-19(22-9-7-13(8-10-22)20(24)25)12-27-14-5-6-16-15-3-1-2-4-17(15)21(26)28-18(16)11-14/h1-6,11,13H,7-10,12H2,(H,24,25)/p-1. The molecule has 144 valence electrons. The second-order valence-corrected chi connectivity index (χ2v) is 6.86. The molecular formula is C21H18NO6-. The van der Waals surface area contributed by atoms with E-state index in [-0.39, 0.29) is 12.5 Å². The number of fused-ring (bicyclic) bond motifs is 3. The second kappa shape index (κ2) is 7.34. The molecule has 1 amide bonds. The van der Waals surface area contributed by atoms with Gasteiger partial charge in [-0.05, 0) is 36.4 Å². The highest BCUT2D eigenvalue weighted by molar-refractivity contribution is 6.04. The van der Waals surface area contributed by atoms with Gasteiger partial charge in [0.05, 0.1) is 5.39 Å². The summed E-state index contributed by atoms with van der Waals surface area (Å²) in [5, 5.41) is 13.0. The number of piperidine rings is 1. The van der Waals surface area contributed by atoms with E-state index in [4.69, 9.17) is 9.15 Å². The number of carbonyl (C=O) groups is 2. The van der Waals surface area contributed by atoms with Gasteiger partial charge in [0.15, 0.2) is 6.61 Å². The van der Waals surface area contributed by atoms with Gasteiger partial charge in [0.25, 0.3) is 5.91 Å². The van der Waals surface area contributed by atoms with Crippen molar-refractivity contribution < 1.29 is 23.8 Å². The Morgan fingerprint density at radius 2 is 1.79 bits per heavy atom. The minimum atomic E-state index is -1.06. The largest absolute Gasteiger partial charge is 0.550 e. The van der Waals surface area contributed by atoms with Crippen molar-refractivity contribution in [3.05, 3.63) is 52.9 Å². The van der Waals surface area contributed by atoms with Crippen LogP contribution < -0.4 is 15.5 Å². The molecule has 1 aliphatic heterocycles. The van der Waals surface area contributed by atoms with E-state index in [0.29, 0.717) is 42.6 Å². The Balaban J connectivity index is 1.47. The van der Waals surface area contributed by atoms with Crippen LogP contribution in [0.2, 0.25) is 0 Å². The van der Waals surface area contributed by atoms with Crippen LogP contribution in [0.3, 0.4) is 0 Å². The van der Waals surface area contributed by atoms with Crippen LogP contribution >= 0.6 is 0 Å². The van der Waals surface area contributed by atoms with Crippen molar-refractivity contribution in [2.24, 2.45) is 5.92 Å². The third kappa shape index (κ3) is 3.43. The predicted molar refractivity (Wildman–Crippen MR) is 99.8 cm³/mol. The SMILES string of the molecule is O=C([O-])C1CCN(C(=O)COc2ccc3c(c2)oc(=O)c2ccccc23)CC1. The lowest BCUT2D eigenvalue weighted by Crippen LogP contribution is -2.45. The summed E-state index contributed by atoms with van der Waals surface area (Å²) in [6.45, 7) is 0.582. The van der Waals surface area contributed by atoms with Gasteiger partial charge in [-0.2, -0.15) is 0 Å². The number of hydrogen-bond acceptors (Lipinski definition) is 6. The number of ether oxygens (including phenoxy) is 1. The molecule has 2 aromatic carbocycles. The Morgan fingerprint density at radius 3 is 2.50 bits per heavy atom. The van der Waals surface area contributed by atoms with Crippen LogP contribution in [0.4, 0.5) is 0 Å². The predicted octanol–water partition coefficient (Wildman–Crippen LogP) is 1.31. The van der Waals surface area contributed by atoms with E-state index in [1.807, 2.05) is 12.1 Å². The number of amides is 1. The monoisotopic (exact) mass is 380 g/mol. The zero-order valence-electron chi connectivity index (χ0n) is 15.1. The number of rotatable bonds is 4. The number of nitrogens with zero attached hydrogens (tertiary/aromatic N) is 1. The first-order chi connectivity index (χ1) is 13.5. The minimum Gasteiger partial charge on any atom is -0.550 e. The normalized spacial score (nSPS) is 15.1. The van der Waals surface area contributed by atoms with Crippen molar-refractivity contribution in [2.75, 3.05) is 19.7 Å². The number of hydrogen-bond donors (Lipinski definition) is 0. The van der Waals surface area contributed by atoms with Crippen LogP contribution in [-0.4, -0.2) is 36.5 Å². The molecule has 0 spiro atoms. The summed E-state index contributed by atoms with van der Waals surface area (Å²) >= 11 is 0. The molecule has 0 aliphatic carbocycles. The van der Waals surface area contributed by atoms with Gasteiger partial charge in [0.1, 0.15) is 11.3 Å². The number of carboxylic acid groups (broad SMARTS) is 1. The summed E-state index contributed by atoms with van der Waals surface area (Å²) in [6.07, 6.45) is 0.782. The lowest BCUT2D eigenvalue weighted by atomic mass is 9.97. The van der Waals surface area contributed by atoms with Crippen LogP contribution in [0.1, 0.15) is 12.8 Å². The molecule has 0 bridgehead atoms. The van der Waals surface area contributed by atoms with E-state index in [1.165, 1.54) is 0 Å². The van der Waals surface area contributed by atoms with Crippen molar-refractivity contribution in [3.8, 4) is 5.75 Å². The van der Waals surface area contributed by atoms with Gasteiger partial charge in [-0.25, -0.2) is 4.79 Å². The average Bonchev–Trinajstić information content (AvgIpc) is 2.72. The van der Waals surface area contributed by atoms with Gasteiger partial charge >= 0.3 is 5.63 Å². The Kier molecular flexibility index (Phi) is 4.73. The van der Waals surface area contributed by atoms with Crippen LogP contribution in [0, 0.1) is 5.92 Å². The number of carboxylic acids is 1. The molecule has 4 rings (SSSR count). The number of carbonyl (C=O) groups excluding carboxylic acids is 2. The van der Waals surface area contributed by atoms with Gasteiger partial charge in [-0.3, -0.25) is 4.79 Å². The van der Waals surface area contributed by atoms with Crippen molar-refractivity contribution in [1.82, 2.24) is 4.90 Å². The van der Waals surface area contributed by atoms with Gasteiger partial charge in [0.2, 0.25) is 0 Å². The highest BCUT2D eigenvalue weighted by Gasteiger charge is 2.23. The van der Waals surface area contributed by atoms with E-state index < -0.39 is 17.5 Å². The van der Waals surface area contributed by atoms with E-state index in [9.17, 15) is 19.5 Å². The Labute approximate surface area is 160 Å². The molecule has 7 heteroatoms. The first-order valence-electron chi connectivity index (χ1n) is 9.10. The van der Waals surface area contributed by atoms with Gasteiger partial charge in [-0.1, -0.05) is 18.2 Å². The lowest BCUT2D eigenvalue weighted by molar-refractivity contribution is -0.312. The van der Waals surface area contributed by atoms with Gasteiger partial charge in [-0.15, -0.1) is 0 Å². The van der Waals surface area contributed by atoms with Crippen LogP contribution in [-0.2, 0) is 9.59 Å². The zero-order chi connectivity index (χ0) is 19.7. The first kappa shape index (κ1) is 18.0. The summed E-state index contributed by atoms with van der Waals surface area (Å²) in [5.74, 6) is -1.35. The molecule has 0 unspecified atom stereocenters. The maximum Gasteiger partial charge on any atom is 0.344 e. The summed E-state index contributed by atoms with van der Waals surface area (Å²) in [5.41, 5.74) is -0.0319. The van der Waals surface area contributed by atoms with Crippen molar-refractivity contribution >= 4 is 33.6 Å². The molecule has 0 atom stereocenters. The van der Waals surface area contributed by atoms with E-state index >= 15 is 0 Å². The fourth-order valence-electron chi connectivity index (χ4n) is 3.55. The van der Waals surface area contributed by atoms with Crippen molar-refractivity contribution in [1.29, 1.82) is 0 Å². The van der Waals surface area contributed by atoms with E-state index in [1.54, 1.807) is 35.2 Å². The molecule has 0 radical (unpaired) electrons. The maximum absolute atomic E-state index is 12.3. The van der Waals surface area contributed by atoms with E-state index in [2.05, 4.69) is 0 Å². The molecule has 0 saturated carbocycles. The first-order valence-corrected chi connectivity index (χ1v) is 9.10. The quantitative estimate of drug-likeness (QED) is 0.500. The summed E-state index contributed by atoms with van der Waals surface area (Å²) < 4.78 is 11.0. The fraction of sp³-hybridized carbons (Fsp3) is 0.286. The van der Waals surface area contributed by atoms with Gasteiger partial charge < -0.3 is 24.0 Å². The molecular weight excluding hydrogens is 362 g/mol. The third-order valence-electron chi connectivity index (χ3n) is 5.14. The third-order valence-corrected chi connectivity index (χ3v) is 5.14. The molecule has 1 aromatic heterocycles. The molecule has 28 heavy (non-hydrogen) atoms. The molecule has 3 aromatic rings. The summed E-state index contributed by atoms with van der Waals surface area (Å²) in [6, 6.07) is 12.3. The topological polar surface area (TPSA) is 99.9 Å². The Bertz CT molecular complexity index is 1110. The molecule has 1 aliphatic rings. The zero-order valence-corrected chi connectivity index (χ0v) is 15.1. The smallest absolute Gasteiger partial charge is 0.344 e. The second-order valence-electron chi connectivity index (χ2n) is 6.86. The van der Waals surface area contributed by atoms with E-state index in [0.717, 1.165) is 10.8 Å². The number of benzene rings is 2. The van der Waals surface area contributed by atoms with Crippen molar-refractivity contribution in [2.45, 2.75) is 12.8 Å². The number of aliphatic carboxylic acids is 1. The minimum absolute atomic E-state index is 0.167. The Hall–Kier alpha value is -3.35. The molecule has 0 N–H and O–H groups in total. The molecule has 2 heterocycles. The highest BCUT2D eigenvalue weighted by Crippen LogP contribution is 2.26. The molecule has 7 nitrogen and oxygen atoms in total. The maximum atomic E-state index is 12.3. The van der Waals surface area contributed by atoms with Crippen LogP contribution in [0.5, 0.6) is 5.75 Å². The highest BCUT2D eigenvalue weighted by atomic mass is 16.5.